The average molecular weight is 326 g/mol. The Bertz CT molecular complexity index is 692. The molecule has 21 heavy (non-hydrogen) atoms. The SMILES string of the molecule is CCN(CC)C(=O)c1sc2ccc(Cl)cc2c1OC(C)=O. The first-order chi connectivity index (χ1) is 9.97. The van der Waals surface area contributed by atoms with Crippen LogP contribution in [0.4, 0.5) is 0 Å². The minimum atomic E-state index is -0.455. The van der Waals surface area contributed by atoms with Gasteiger partial charge in [-0.1, -0.05) is 11.6 Å². The molecule has 0 aliphatic heterocycles. The minimum absolute atomic E-state index is 0.131. The van der Waals surface area contributed by atoms with Crippen LogP contribution in [0.5, 0.6) is 5.75 Å². The van der Waals surface area contributed by atoms with Crippen molar-refractivity contribution in [2.45, 2.75) is 20.8 Å². The van der Waals surface area contributed by atoms with Crippen molar-refractivity contribution >= 4 is 44.9 Å². The molecule has 112 valence electrons. The van der Waals surface area contributed by atoms with Gasteiger partial charge in [-0.2, -0.15) is 0 Å². The molecule has 0 fully saturated rings. The number of carbonyl (C=O) groups excluding carboxylic acids is 2. The number of amides is 1. The van der Waals surface area contributed by atoms with E-state index >= 15 is 0 Å². The molecule has 2 rings (SSSR count). The van der Waals surface area contributed by atoms with Crippen LogP contribution in [0.25, 0.3) is 10.1 Å². The van der Waals surface area contributed by atoms with Crippen molar-refractivity contribution in [3.63, 3.8) is 0 Å². The standard InChI is InChI=1S/C15H16ClNO3S/c1-4-17(5-2)15(19)14-13(20-9(3)18)11-8-10(16)6-7-12(11)21-14/h6-8H,4-5H2,1-3H3. The van der Waals surface area contributed by atoms with Crippen LogP contribution in [-0.4, -0.2) is 29.9 Å². The largest absolute Gasteiger partial charge is 0.424 e. The summed E-state index contributed by atoms with van der Waals surface area (Å²) in [5.41, 5.74) is 0. The van der Waals surface area contributed by atoms with Gasteiger partial charge in [-0.25, -0.2) is 0 Å². The van der Waals surface area contributed by atoms with Gasteiger partial charge < -0.3 is 9.64 Å². The molecule has 0 radical (unpaired) electrons. The summed E-state index contributed by atoms with van der Waals surface area (Å²) < 4.78 is 6.15. The van der Waals surface area contributed by atoms with Gasteiger partial charge in [-0.05, 0) is 32.0 Å². The van der Waals surface area contributed by atoms with E-state index in [4.69, 9.17) is 16.3 Å². The first kappa shape index (κ1) is 15.8. The first-order valence-electron chi connectivity index (χ1n) is 6.67. The summed E-state index contributed by atoms with van der Waals surface area (Å²) in [4.78, 5) is 26.1. The number of hydrogen-bond acceptors (Lipinski definition) is 4. The van der Waals surface area contributed by atoms with Gasteiger partial charge in [0.05, 0.1) is 0 Å². The second-order valence-corrected chi connectivity index (χ2v) is 5.96. The molecule has 0 aliphatic rings. The average Bonchev–Trinajstić information content (AvgIpc) is 2.77. The number of thiophene rings is 1. The predicted molar refractivity (Wildman–Crippen MR) is 85.4 cm³/mol. The molecule has 4 nitrogen and oxygen atoms in total. The highest BCUT2D eigenvalue weighted by Gasteiger charge is 2.24. The van der Waals surface area contributed by atoms with E-state index in [1.165, 1.54) is 18.3 Å². The maximum Gasteiger partial charge on any atom is 0.308 e. The Kier molecular flexibility index (Phi) is 4.85. The normalized spacial score (nSPS) is 10.7. The van der Waals surface area contributed by atoms with Crippen molar-refractivity contribution in [3.05, 3.63) is 28.1 Å². The number of halogens is 1. The molecule has 2 aromatic rings. The highest BCUT2D eigenvalue weighted by atomic mass is 35.5. The second-order valence-electron chi connectivity index (χ2n) is 4.47. The lowest BCUT2D eigenvalue weighted by atomic mass is 10.2. The molecular weight excluding hydrogens is 310 g/mol. The van der Waals surface area contributed by atoms with E-state index in [9.17, 15) is 9.59 Å². The van der Waals surface area contributed by atoms with E-state index in [0.717, 1.165) is 4.70 Å². The lowest BCUT2D eigenvalue weighted by Crippen LogP contribution is -2.30. The van der Waals surface area contributed by atoms with E-state index < -0.39 is 5.97 Å². The predicted octanol–water partition coefficient (Wildman–Crippen LogP) is 3.96. The van der Waals surface area contributed by atoms with Gasteiger partial charge in [-0.3, -0.25) is 9.59 Å². The van der Waals surface area contributed by atoms with Crippen molar-refractivity contribution in [1.82, 2.24) is 4.90 Å². The van der Waals surface area contributed by atoms with Crippen LogP contribution >= 0.6 is 22.9 Å². The Morgan fingerprint density at radius 1 is 1.29 bits per heavy atom. The maximum absolute atomic E-state index is 12.6. The molecule has 0 bridgehead atoms. The van der Waals surface area contributed by atoms with Crippen molar-refractivity contribution < 1.29 is 14.3 Å². The van der Waals surface area contributed by atoms with Crippen LogP contribution in [-0.2, 0) is 4.79 Å². The third-order valence-corrected chi connectivity index (χ3v) is 4.47. The highest BCUT2D eigenvalue weighted by Crippen LogP contribution is 2.40. The fraction of sp³-hybridized carbons (Fsp3) is 0.333. The molecule has 0 saturated carbocycles. The molecule has 0 unspecified atom stereocenters. The van der Waals surface area contributed by atoms with Crippen LogP contribution in [0.1, 0.15) is 30.4 Å². The van der Waals surface area contributed by atoms with Crippen LogP contribution in [0, 0.1) is 0 Å². The molecule has 0 atom stereocenters. The third-order valence-electron chi connectivity index (χ3n) is 3.10. The lowest BCUT2D eigenvalue weighted by molar-refractivity contribution is -0.131. The number of esters is 1. The molecular formula is C15H16ClNO3S. The Morgan fingerprint density at radius 3 is 2.52 bits per heavy atom. The zero-order chi connectivity index (χ0) is 15.6. The van der Waals surface area contributed by atoms with Gasteiger partial charge in [0.1, 0.15) is 4.88 Å². The van der Waals surface area contributed by atoms with E-state index in [1.54, 1.807) is 17.0 Å². The highest BCUT2D eigenvalue weighted by molar-refractivity contribution is 7.21. The van der Waals surface area contributed by atoms with Gasteiger partial charge in [-0.15, -0.1) is 11.3 Å². The van der Waals surface area contributed by atoms with Gasteiger partial charge in [0.25, 0.3) is 5.91 Å². The van der Waals surface area contributed by atoms with E-state index in [1.807, 2.05) is 19.9 Å². The summed E-state index contributed by atoms with van der Waals surface area (Å²) in [5.74, 6) is -0.279. The molecule has 1 aromatic carbocycles. The zero-order valence-corrected chi connectivity index (χ0v) is 13.7. The molecule has 0 N–H and O–H groups in total. The number of rotatable bonds is 4. The van der Waals surface area contributed by atoms with Crippen molar-refractivity contribution in [2.24, 2.45) is 0 Å². The molecule has 0 saturated heterocycles. The van der Waals surface area contributed by atoms with Crippen LogP contribution in [0.15, 0.2) is 18.2 Å². The Morgan fingerprint density at radius 2 is 1.95 bits per heavy atom. The van der Waals surface area contributed by atoms with Crippen molar-refractivity contribution in [1.29, 1.82) is 0 Å². The monoisotopic (exact) mass is 325 g/mol. The quantitative estimate of drug-likeness (QED) is 0.799. The summed E-state index contributed by atoms with van der Waals surface area (Å²) in [6.45, 7) is 6.35. The second kappa shape index (κ2) is 6.45. The van der Waals surface area contributed by atoms with Gasteiger partial charge in [0, 0.05) is 35.1 Å². The molecule has 0 spiro atoms. The summed E-state index contributed by atoms with van der Waals surface area (Å²) in [6.07, 6.45) is 0. The number of fused-ring (bicyclic) bond motifs is 1. The molecule has 1 amide bonds. The topological polar surface area (TPSA) is 46.6 Å². The molecule has 0 aliphatic carbocycles. The van der Waals surface area contributed by atoms with Crippen LogP contribution in [0.2, 0.25) is 5.02 Å². The van der Waals surface area contributed by atoms with E-state index in [0.29, 0.717) is 34.1 Å². The summed E-state index contributed by atoms with van der Waals surface area (Å²) in [6, 6.07) is 5.29. The summed E-state index contributed by atoms with van der Waals surface area (Å²) in [7, 11) is 0. The fourth-order valence-electron chi connectivity index (χ4n) is 2.09. The maximum atomic E-state index is 12.6. The van der Waals surface area contributed by atoms with Gasteiger partial charge in [0.2, 0.25) is 0 Å². The summed E-state index contributed by atoms with van der Waals surface area (Å²) >= 11 is 7.32. The summed E-state index contributed by atoms with van der Waals surface area (Å²) in [5, 5.41) is 1.23. The van der Waals surface area contributed by atoms with E-state index in [2.05, 4.69) is 0 Å². The Balaban J connectivity index is 2.61. The number of nitrogens with zero attached hydrogens (tertiary/aromatic N) is 1. The fourth-order valence-corrected chi connectivity index (χ4v) is 3.34. The van der Waals surface area contributed by atoms with Crippen LogP contribution in [0.3, 0.4) is 0 Å². The molecule has 6 heteroatoms. The smallest absolute Gasteiger partial charge is 0.308 e. The number of hydrogen-bond donors (Lipinski definition) is 0. The number of benzene rings is 1. The Labute approximate surface area is 132 Å². The van der Waals surface area contributed by atoms with E-state index in [-0.39, 0.29) is 5.91 Å². The Hall–Kier alpha value is -1.59. The van der Waals surface area contributed by atoms with Crippen molar-refractivity contribution in [2.75, 3.05) is 13.1 Å². The van der Waals surface area contributed by atoms with Gasteiger partial charge in [0.15, 0.2) is 5.75 Å². The number of ether oxygens (including phenoxy) is 1. The lowest BCUT2D eigenvalue weighted by Gasteiger charge is -2.18. The van der Waals surface area contributed by atoms with Crippen LogP contribution < -0.4 is 4.74 Å². The van der Waals surface area contributed by atoms with Crippen molar-refractivity contribution in [3.8, 4) is 5.75 Å². The minimum Gasteiger partial charge on any atom is -0.424 e. The first-order valence-corrected chi connectivity index (χ1v) is 7.87. The number of carbonyl (C=O) groups is 2. The molecule has 1 aromatic heterocycles. The van der Waals surface area contributed by atoms with Gasteiger partial charge >= 0.3 is 5.97 Å². The molecule has 1 heterocycles. The zero-order valence-electron chi connectivity index (χ0n) is 12.1. The third kappa shape index (κ3) is 3.19.